The minimum atomic E-state index is 0.205. The van der Waals surface area contributed by atoms with Gasteiger partial charge in [-0.25, -0.2) is 0 Å². The maximum Gasteiger partial charge on any atom is 0.0703 e. The van der Waals surface area contributed by atoms with Gasteiger partial charge < -0.3 is 5.73 Å². The van der Waals surface area contributed by atoms with Crippen LogP contribution in [0.15, 0.2) is 24.3 Å². The number of benzene rings is 1. The van der Waals surface area contributed by atoms with E-state index in [2.05, 4.69) is 43.2 Å². The lowest BCUT2D eigenvalue weighted by Gasteiger charge is -2.08. The Labute approximate surface area is 121 Å². The van der Waals surface area contributed by atoms with Gasteiger partial charge in [0.25, 0.3) is 0 Å². The molecular formula is C17H25N3. The summed E-state index contributed by atoms with van der Waals surface area (Å²) in [6.07, 6.45) is 2.89. The van der Waals surface area contributed by atoms with Gasteiger partial charge in [-0.1, -0.05) is 38.1 Å². The van der Waals surface area contributed by atoms with Gasteiger partial charge in [0.05, 0.1) is 5.69 Å². The average Bonchev–Trinajstić information content (AvgIpc) is 2.75. The molecule has 0 fully saturated rings. The van der Waals surface area contributed by atoms with Crippen LogP contribution >= 0.6 is 0 Å². The largest absolute Gasteiger partial charge is 0.328 e. The first kappa shape index (κ1) is 14.8. The van der Waals surface area contributed by atoms with E-state index in [0.29, 0.717) is 0 Å². The van der Waals surface area contributed by atoms with Crippen molar-refractivity contribution in [3.05, 3.63) is 41.2 Å². The third-order valence-electron chi connectivity index (χ3n) is 3.71. The Morgan fingerprint density at radius 1 is 1.15 bits per heavy atom. The van der Waals surface area contributed by atoms with Crippen molar-refractivity contribution in [1.82, 2.24) is 9.78 Å². The van der Waals surface area contributed by atoms with Gasteiger partial charge in [-0.2, -0.15) is 5.10 Å². The van der Waals surface area contributed by atoms with Crippen LogP contribution in [-0.2, 0) is 26.3 Å². The van der Waals surface area contributed by atoms with Crippen LogP contribution in [0.1, 0.15) is 37.7 Å². The summed E-state index contributed by atoms with van der Waals surface area (Å²) in [5.41, 5.74) is 12.2. The molecule has 0 bridgehead atoms. The zero-order valence-corrected chi connectivity index (χ0v) is 13.0. The molecule has 3 heteroatoms. The van der Waals surface area contributed by atoms with E-state index in [-0.39, 0.29) is 6.04 Å². The number of nitrogens with two attached hydrogens (primary N) is 1. The molecule has 0 aliphatic heterocycles. The highest BCUT2D eigenvalue weighted by molar-refractivity contribution is 5.69. The Bertz CT molecular complexity index is 565. The van der Waals surface area contributed by atoms with Crippen LogP contribution in [0, 0.1) is 0 Å². The highest BCUT2D eigenvalue weighted by Gasteiger charge is 2.15. The van der Waals surface area contributed by atoms with Crippen molar-refractivity contribution in [2.24, 2.45) is 12.8 Å². The molecule has 1 aromatic heterocycles. The molecule has 2 rings (SSSR count). The Hall–Kier alpha value is -1.61. The molecule has 0 radical (unpaired) electrons. The monoisotopic (exact) mass is 271 g/mol. The first-order valence-corrected chi connectivity index (χ1v) is 7.46. The van der Waals surface area contributed by atoms with Crippen molar-refractivity contribution in [3.63, 3.8) is 0 Å². The van der Waals surface area contributed by atoms with Gasteiger partial charge in [-0.15, -0.1) is 0 Å². The number of nitrogens with zero attached hydrogens (tertiary/aromatic N) is 2. The fraction of sp³-hybridized carbons (Fsp3) is 0.471. The highest BCUT2D eigenvalue weighted by Crippen LogP contribution is 2.28. The van der Waals surface area contributed by atoms with E-state index >= 15 is 0 Å². The van der Waals surface area contributed by atoms with Crippen molar-refractivity contribution >= 4 is 0 Å². The zero-order valence-electron chi connectivity index (χ0n) is 13.0. The number of aromatic nitrogens is 2. The van der Waals surface area contributed by atoms with Crippen LogP contribution in [0.25, 0.3) is 11.1 Å². The summed E-state index contributed by atoms with van der Waals surface area (Å²) in [6, 6.07) is 8.98. The van der Waals surface area contributed by atoms with E-state index in [0.717, 1.165) is 19.3 Å². The number of rotatable bonds is 5. The van der Waals surface area contributed by atoms with Crippen LogP contribution in [0.4, 0.5) is 0 Å². The lowest BCUT2D eigenvalue weighted by atomic mass is 9.98. The summed E-state index contributed by atoms with van der Waals surface area (Å²) in [7, 11) is 2.03. The van der Waals surface area contributed by atoms with Gasteiger partial charge in [0.1, 0.15) is 0 Å². The molecule has 3 nitrogen and oxygen atoms in total. The molecule has 20 heavy (non-hydrogen) atoms. The van der Waals surface area contributed by atoms with Gasteiger partial charge in [0.15, 0.2) is 0 Å². The van der Waals surface area contributed by atoms with Gasteiger partial charge in [-0.3, -0.25) is 4.68 Å². The van der Waals surface area contributed by atoms with E-state index in [1.165, 1.54) is 28.1 Å². The van der Waals surface area contributed by atoms with Gasteiger partial charge >= 0.3 is 0 Å². The molecule has 2 aromatic rings. The second kappa shape index (κ2) is 6.23. The molecule has 0 aliphatic rings. The summed E-state index contributed by atoms with van der Waals surface area (Å²) in [5.74, 6) is 0. The quantitative estimate of drug-likeness (QED) is 0.908. The molecular weight excluding hydrogens is 246 g/mol. The van der Waals surface area contributed by atoms with Gasteiger partial charge in [0.2, 0.25) is 0 Å². The second-order valence-electron chi connectivity index (χ2n) is 5.48. The van der Waals surface area contributed by atoms with Gasteiger partial charge in [0, 0.05) is 24.3 Å². The molecule has 108 valence electrons. The average molecular weight is 271 g/mol. The molecule has 0 saturated heterocycles. The van der Waals surface area contributed by atoms with E-state index in [1.54, 1.807) is 0 Å². The standard InChI is InChI=1S/C17H25N3/c1-5-15-17(16(6-2)20(4)19-15)14-9-7-13(8-10-14)11-12(3)18/h7-10,12H,5-6,11,18H2,1-4H3. The molecule has 1 unspecified atom stereocenters. The fourth-order valence-electron chi connectivity index (χ4n) is 2.79. The summed E-state index contributed by atoms with van der Waals surface area (Å²) in [6.45, 7) is 6.39. The van der Waals surface area contributed by atoms with Crippen LogP contribution in [0.3, 0.4) is 0 Å². The lowest BCUT2D eigenvalue weighted by molar-refractivity contribution is 0.705. The third kappa shape index (κ3) is 2.93. The Kier molecular flexibility index (Phi) is 4.61. The topological polar surface area (TPSA) is 43.8 Å². The molecule has 0 saturated carbocycles. The molecule has 0 spiro atoms. The number of hydrogen-bond acceptors (Lipinski definition) is 2. The number of hydrogen-bond donors (Lipinski definition) is 1. The zero-order chi connectivity index (χ0) is 14.7. The van der Waals surface area contributed by atoms with Crippen LogP contribution in [-0.4, -0.2) is 15.8 Å². The minimum absolute atomic E-state index is 0.205. The Balaban J connectivity index is 2.40. The maximum atomic E-state index is 5.85. The van der Waals surface area contributed by atoms with Crippen LogP contribution in [0.5, 0.6) is 0 Å². The Morgan fingerprint density at radius 2 is 1.80 bits per heavy atom. The van der Waals surface area contributed by atoms with Crippen molar-refractivity contribution in [2.45, 2.75) is 46.1 Å². The Morgan fingerprint density at radius 3 is 2.30 bits per heavy atom. The molecule has 0 aliphatic carbocycles. The van der Waals surface area contributed by atoms with E-state index < -0.39 is 0 Å². The molecule has 1 atom stereocenters. The van der Waals surface area contributed by atoms with Crippen molar-refractivity contribution in [3.8, 4) is 11.1 Å². The SMILES string of the molecule is CCc1nn(C)c(CC)c1-c1ccc(CC(C)N)cc1. The lowest BCUT2D eigenvalue weighted by Crippen LogP contribution is -2.17. The van der Waals surface area contributed by atoms with Crippen molar-refractivity contribution in [2.75, 3.05) is 0 Å². The van der Waals surface area contributed by atoms with Gasteiger partial charge in [-0.05, 0) is 37.3 Å². The molecule has 1 heterocycles. The summed E-state index contributed by atoms with van der Waals surface area (Å²) in [5, 5.41) is 4.64. The van der Waals surface area contributed by atoms with E-state index in [1.807, 2.05) is 18.7 Å². The van der Waals surface area contributed by atoms with E-state index in [9.17, 15) is 0 Å². The van der Waals surface area contributed by atoms with Crippen molar-refractivity contribution in [1.29, 1.82) is 0 Å². The molecule has 0 amide bonds. The third-order valence-corrected chi connectivity index (χ3v) is 3.71. The predicted molar refractivity (Wildman–Crippen MR) is 84.8 cm³/mol. The summed E-state index contributed by atoms with van der Waals surface area (Å²) < 4.78 is 2.02. The summed E-state index contributed by atoms with van der Waals surface area (Å²) in [4.78, 5) is 0. The van der Waals surface area contributed by atoms with Crippen LogP contribution in [0.2, 0.25) is 0 Å². The fourth-order valence-corrected chi connectivity index (χ4v) is 2.79. The predicted octanol–water partition coefficient (Wildman–Crippen LogP) is 3.10. The molecule has 1 aromatic carbocycles. The maximum absolute atomic E-state index is 5.85. The van der Waals surface area contributed by atoms with E-state index in [4.69, 9.17) is 5.73 Å². The first-order valence-electron chi connectivity index (χ1n) is 7.46. The second-order valence-corrected chi connectivity index (χ2v) is 5.48. The van der Waals surface area contributed by atoms with Crippen molar-refractivity contribution < 1.29 is 0 Å². The van der Waals surface area contributed by atoms with Crippen LogP contribution < -0.4 is 5.73 Å². The first-order chi connectivity index (χ1) is 9.56. The molecule has 2 N–H and O–H groups in total. The minimum Gasteiger partial charge on any atom is -0.328 e. The summed E-state index contributed by atoms with van der Waals surface area (Å²) >= 11 is 0. The smallest absolute Gasteiger partial charge is 0.0703 e. The highest BCUT2D eigenvalue weighted by atomic mass is 15.3. The normalized spacial score (nSPS) is 12.7. The number of aryl methyl sites for hydroxylation is 2.